The summed E-state index contributed by atoms with van der Waals surface area (Å²) in [6, 6.07) is 15.8. The van der Waals surface area contributed by atoms with E-state index in [1.54, 1.807) is 7.11 Å². The van der Waals surface area contributed by atoms with E-state index in [0.717, 1.165) is 29.0 Å². The van der Waals surface area contributed by atoms with Gasteiger partial charge < -0.3 is 15.4 Å². The number of hydrogen-bond acceptors (Lipinski definition) is 2. The molecule has 1 heterocycles. The van der Waals surface area contributed by atoms with E-state index in [9.17, 15) is 4.79 Å². The molecule has 4 rings (SSSR count). The van der Waals surface area contributed by atoms with Crippen LogP contribution in [0.2, 0.25) is 0 Å². The van der Waals surface area contributed by atoms with Gasteiger partial charge in [0.1, 0.15) is 5.75 Å². The van der Waals surface area contributed by atoms with Crippen LogP contribution < -0.4 is 15.4 Å². The van der Waals surface area contributed by atoms with Gasteiger partial charge >= 0.3 is 6.03 Å². The van der Waals surface area contributed by atoms with Crippen molar-refractivity contribution in [2.75, 3.05) is 7.11 Å². The van der Waals surface area contributed by atoms with Crippen LogP contribution in [0.1, 0.15) is 22.7 Å². The van der Waals surface area contributed by atoms with Crippen molar-refractivity contribution < 1.29 is 9.53 Å². The molecule has 1 aliphatic heterocycles. The van der Waals surface area contributed by atoms with Gasteiger partial charge in [-0.15, -0.1) is 0 Å². The second-order valence-corrected chi connectivity index (χ2v) is 5.54. The molecule has 4 heteroatoms. The lowest BCUT2D eigenvalue weighted by atomic mass is 9.95. The second kappa shape index (κ2) is 4.91. The number of fused-ring (bicyclic) bond motifs is 2. The zero-order valence-corrected chi connectivity index (χ0v) is 12.2. The quantitative estimate of drug-likeness (QED) is 0.894. The minimum absolute atomic E-state index is 0.0953. The van der Waals surface area contributed by atoms with Crippen LogP contribution in [0, 0.1) is 0 Å². The van der Waals surface area contributed by atoms with Crippen molar-refractivity contribution in [3.63, 3.8) is 0 Å². The van der Waals surface area contributed by atoms with Crippen molar-refractivity contribution in [2.24, 2.45) is 0 Å². The summed E-state index contributed by atoms with van der Waals surface area (Å²) >= 11 is 0. The van der Waals surface area contributed by atoms with Crippen LogP contribution in [0.4, 0.5) is 4.79 Å². The van der Waals surface area contributed by atoms with E-state index in [4.69, 9.17) is 4.74 Å². The van der Waals surface area contributed by atoms with Crippen molar-refractivity contribution in [2.45, 2.75) is 12.5 Å². The van der Waals surface area contributed by atoms with Gasteiger partial charge in [-0.3, -0.25) is 0 Å². The summed E-state index contributed by atoms with van der Waals surface area (Å²) in [5.74, 6) is 0.813. The van der Waals surface area contributed by atoms with Gasteiger partial charge in [0.15, 0.2) is 0 Å². The number of benzene rings is 2. The Morgan fingerprint density at radius 3 is 2.64 bits per heavy atom. The molecule has 2 aliphatic rings. The third-order valence-corrected chi connectivity index (χ3v) is 4.30. The minimum Gasteiger partial charge on any atom is -0.497 e. The Hall–Kier alpha value is -2.75. The van der Waals surface area contributed by atoms with E-state index in [2.05, 4.69) is 22.8 Å². The standard InChI is InChI=1S/C18H16N2O2/c1-22-13-8-6-11(7-9-13)16-15-10-12-4-2-3-5-14(12)17(15)20-18(21)19-16/h2-9,16H,10H2,1H3,(H2,19,20,21). The highest BCUT2D eigenvalue weighted by atomic mass is 16.5. The third-order valence-electron chi connectivity index (χ3n) is 4.30. The number of carbonyl (C=O) groups is 1. The van der Waals surface area contributed by atoms with Crippen molar-refractivity contribution in [1.29, 1.82) is 0 Å². The van der Waals surface area contributed by atoms with Crippen molar-refractivity contribution in [1.82, 2.24) is 10.6 Å². The van der Waals surface area contributed by atoms with Gasteiger partial charge in [-0.25, -0.2) is 4.79 Å². The highest BCUT2D eigenvalue weighted by Crippen LogP contribution is 2.39. The Labute approximate surface area is 128 Å². The summed E-state index contributed by atoms with van der Waals surface area (Å²) in [6.45, 7) is 0. The summed E-state index contributed by atoms with van der Waals surface area (Å²) in [7, 11) is 1.65. The lowest BCUT2D eigenvalue weighted by Gasteiger charge is -2.27. The molecule has 0 bridgehead atoms. The van der Waals surface area contributed by atoms with Crippen molar-refractivity contribution in [3.8, 4) is 5.75 Å². The molecule has 1 unspecified atom stereocenters. The number of nitrogens with one attached hydrogen (secondary N) is 2. The summed E-state index contributed by atoms with van der Waals surface area (Å²) < 4.78 is 5.20. The van der Waals surface area contributed by atoms with Crippen LogP contribution in [0.5, 0.6) is 5.75 Å². The van der Waals surface area contributed by atoms with E-state index < -0.39 is 0 Å². The maximum absolute atomic E-state index is 12.0. The minimum atomic E-state index is -0.156. The van der Waals surface area contributed by atoms with Gasteiger partial charge in [0, 0.05) is 5.56 Å². The lowest BCUT2D eigenvalue weighted by Crippen LogP contribution is -2.42. The average molecular weight is 292 g/mol. The molecule has 1 aliphatic carbocycles. The summed E-state index contributed by atoms with van der Waals surface area (Å²) in [4.78, 5) is 12.0. The molecule has 0 saturated carbocycles. The topological polar surface area (TPSA) is 50.4 Å². The number of ether oxygens (including phenoxy) is 1. The van der Waals surface area contributed by atoms with Gasteiger partial charge in [-0.1, -0.05) is 36.4 Å². The largest absolute Gasteiger partial charge is 0.497 e. The fourth-order valence-electron chi connectivity index (χ4n) is 3.23. The van der Waals surface area contributed by atoms with E-state index in [1.165, 1.54) is 11.1 Å². The Bertz CT molecular complexity index is 778. The molecule has 1 atom stereocenters. The molecule has 0 aromatic heterocycles. The summed E-state index contributed by atoms with van der Waals surface area (Å²) in [6.07, 6.45) is 0.857. The van der Waals surface area contributed by atoms with Crippen molar-refractivity contribution >= 4 is 11.7 Å². The molecule has 0 fully saturated rings. The molecular formula is C18H16N2O2. The first-order valence-corrected chi connectivity index (χ1v) is 7.29. The molecule has 0 radical (unpaired) electrons. The third kappa shape index (κ3) is 1.96. The normalized spacial score (nSPS) is 19.1. The highest BCUT2D eigenvalue weighted by Gasteiger charge is 2.33. The van der Waals surface area contributed by atoms with E-state index in [0.29, 0.717) is 0 Å². The van der Waals surface area contributed by atoms with Crippen molar-refractivity contribution in [3.05, 3.63) is 70.8 Å². The fourth-order valence-corrected chi connectivity index (χ4v) is 3.23. The predicted molar refractivity (Wildman–Crippen MR) is 84.5 cm³/mol. The average Bonchev–Trinajstić information content (AvgIpc) is 2.93. The Morgan fingerprint density at radius 1 is 1.09 bits per heavy atom. The Morgan fingerprint density at radius 2 is 1.86 bits per heavy atom. The maximum Gasteiger partial charge on any atom is 0.319 e. The van der Waals surface area contributed by atoms with E-state index >= 15 is 0 Å². The zero-order valence-electron chi connectivity index (χ0n) is 12.2. The number of methoxy groups -OCH3 is 1. The molecule has 2 N–H and O–H groups in total. The predicted octanol–water partition coefficient (Wildman–Crippen LogP) is 3.02. The smallest absolute Gasteiger partial charge is 0.319 e. The molecule has 110 valence electrons. The first-order chi connectivity index (χ1) is 10.8. The molecule has 22 heavy (non-hydrogen) atoms. The van der Waals surface area contributed by atoms with Crippen LogP contribution >= 0.6 is 0 Å². The van der Waals surface area contributed by atoms with Crippen LogP contribution in [0.15, 0.2) is 54.1 Å². The molecule has 2 aromatic carbocycles. The summed E-state index contributed by atoms with van der Waals surface area (Å²) in [5, 5.41) is 5.99. The van der Waals surface area contributed by atoms with E-state index in [1.807, 2.05) is 36.4 Å². The van der Waals surface area contributed by atoms with Crippen LogP contribution in [-0.4, -0.2) is 13.1 Å². The molecule has 2 aromatic rings. The van der Waals surface area contributed by atoms with Crippen LogP contribution in [-0.2, 0) is 6.42 Å². The monoisotopic (exact) mass is 292 g/mol. The van der Waals surface area contributed by atoms with Crippen LogP contribution in [0.25, 0.3) is 5.70 Å². The number of amides is 2. The van der Waals surface area contributed by atoms with Gasteiger partial charge in [0.05, 0.1) is 18.8 Å². The zero-order chi connectivity index (χ0) is 15.1. The molecular weight excluding hydrogens is 276 g/mol. The molecule has 4 nitrogen and oxygen atoms in total. The fraction of sp³-hybridized carbons (Fsp3) is 0.167. The van der Waals surface area contributed by atoms with Gasteiger partial charge in [0.2, 0.25) is 0 Å². The van der Waals surface area contributed by atoms with Gasteiger partial charge in [-0.05, 0) is 35.3 Å². The van der Waals surface area contributed by atoms with Gasteiger partial charge in [-0.2, -0.15) is 0 Å². The lowest BCUT2D eigenvalue weighted by molar-refractivity contribution is 0.240. The second-order valence-electron chi connectivity index (χ2n) is 5.54. The Balaban J connectivity index is 1.77. The first-order valence-electron chi connectivity index (χ1n) is 7.29. The van der Waals surface area contributed by atoms with Gasteiger partial charge in [0.25, 0.3) is 0 Å². The first kappa shape index (κ1) is 13.0. The molecule has 0 spiro atoms. The number of carbonyl (C=O) groups excluding carboxylic acids is 1. The number of urea groups is 1. The SMILES string of the molecule is COc1ccc(C2NC(=O)NC3=C2Cc2ccccc23)cc1. The molecule has 2 amide bonds. The highest BCUT2D eigenvalue weighted by molar-refractivity contribution is 5.92. The number of rotatable bonds is 2. The summed E-state index contributed by atoms with van der Waals surface area (Å²) in [5.41, 5.74) is 5.63. The van der Waals surface area contributed by atoms with E-state index in [-0.39, 0.29) is 12.1 Å². The van der Waals surface area contributed by atoms with Crippen LogP contribution in [0.3, 0.4) is 0 Å². The Kier molecular flexibility index (Phi) is 2.89. The maximum atomic E-state index is 12.0. The number of hydrogen-bond donors (Lipinski definition) is 2. The molecule has 0 saturated heterocycles.